The quantitative estimate of drug-likeness (QED) is 0.871. The summed E-state index contributed by atoms with van der Waals surface area (Å²) >= 11 is 0. The maximum atomic E-state index is 5.81. The van der Waals surface area contributed by atoms with E-state index in [0.717, 1.165) is 25.0 Å². The van der Waals surface area contributed by atoms with Gasteiger partial charge >= 0.3 is 0 Å². The molecule has 2 aromatic rings. The lowest BCUT2D eigenvalue weighted by Crippen LogP contribution is -2.20. The molecule has 0 aliphatic carbocycles. The van der Waals surface area contributed by atoms with Crippen LogP contribution < -0.4 is 5.73 Å². The van der Waals surface area contributed by atoms with Gasteiger partial charge in [-0.15, -0.1) is 0 Å². The smallest absolute Gasteiger partial charge is 0.0955 e. The van der Waals surface area contributed by atoms with Crippen LogP contribution in [0.25, 0.3) is 11.0 Å². The molecule has 18 heavy (non-hydrogen) atoms. The summed E-state index contributed by atoms with van der Waals surface area (Å²) in [6.07, 6.45) is 3.03. The highest BCUT2D eigenvalue weighted by Crippen LogP contribution is 2.36. The van der Waals surface area contributed by atoms with Gasteiger partial charge in [-0.05, 0) is 37.6 Å². The van der Waals surface area contributed by atoms with Gasteiger partial charge in [-0.3, -0.25) is 4.90 Å². The molecule has 0 radical (unpaired) electrons. The number of benzene rings is 1. The van der Waals surface area contributed by atoms with Gasteiger partial charge in [-0.25, -0.2) is 4.98 Å². The van der Waals surface area contributed by atoms with Gasteiger partial charge in [0, 0.05) is 19.6 Å². The SMILES string of the molecule is CN1CC(CN)CC1c1cccc2c1ncn2C. The molecule has 4 nitrogen and oxygen atoms in total. The summed E-state index contributed by atoms with van der Waals surface area (Å²) in [6, 6.07) is 6.91. The maximum absolute atomic E-state index is 5.81. The fourth-order valence-corrected chi connectivity index (χ4v) is 3.09. The molecule has 0 spiro atoms. The summed E-state index contributed by atoms with van der Waals surface area (Å²) in [6.45, 7) is 1.86. The number of para-hydroxylation sites is 1. The van der Waals surface area contributed by atoms with Crippen molar-refractivity contribution in [3.63, 3.8) is 0 Å². The number of hydrogen-bond acceptors (Lipinski definition) is 3. The van der Waals surface area contributed by atoms with Gasteiger partial charge in [0.15, 0.2) is 0 Å². The van der Waals surface area contributed by atoms with Crippen molar-refractivity contribution in [3.05, 3.63) is 30.1 Å². The van der Waals surface area contributed by atoms with E-state index in [-0.39, 0.29) is 0 Å². The fraction of sp³-hybridized carbons (Fsp3) is 0.500. The van der Waals surface area contributed by atoms with E-state index >= 15 is 0 Å². The monoisotopic (exact) mass is 244 g/mol. The maximum Gasteiger partial charge on any atom is 0.0955 e. The Labute approximate surface area is 107 Å². The molecule has 2 unspecified atom stereocenters. The van der Waals surface area contributed by atoms with Crippen molar-refractivity contribution < 1.29 is 0 Å². The lowest BCUT2D eigenvalue weighted by Gasteiger charge is -2.19. The van der Waals surface area contributed by atoms with Crippen LogP contribution in [0.3, 0.4) is 0 Å². The number of fused-ring (bicyclic) bond motifs is 1. The highest BCUT2D eigenvalue weighted by atomic mass is 15.2. The van der Waals surface area contributed by atoms with Crippen LogP contribution in [0.4, 0.5) is 0 Å². The number of aryl methyl sites for hydroxylation is 1. The molecule has 1 saturated heterocycles. The summed E-state index contributed by atoms with van der Waals surface area (Å²) in [7, 11) is 4.22. The molecular weight excluding hydrogens is 224 g/mol. The molecule has 2 atom stereocenters. The van der Waals surface area contributed by atoms with Gasteiger partial charge in [-0.2, -0.15) is 0 Å². The van der Waals surface area contributed by atoms with Gasteiger partial charge < -0.3 is 10.3 Å². The molecule has 1 aliphatic rings. The topological polar surface area (TPSA) is 47.1 Å². The van der Waals surface area contributed by atoms with E-state index in [4.69, 9.17) is 5.73 Å². The van der Waals surface area contributed by atoms with Gasteiger partial charge in [0.05, 0.1) is 17.4 Å². The lowest BCUT2D eigenvalue weighted by molar-refractivity contribution is 0.315. The largest absolute Gasteiger partial charge is 0.334 e. The minimum Gasteiger partial charge on any atom is -0.334 e. The molecule has 0 saturated carbocycles. The van der Waals surface area contributed by atoms with E-state index in [9.17, 15) is 0 Å². The molecule has 0 bridgehead atoms. The number of nitrogens with zero attached hydrogens (tertiary/aromatic N) is 3. The van der Waals surface area contributed by atoms with Crippen molar-refractivity contribution in [1.82, 2.24) is 14.5 Å². The average Bonchev–Trinajstić information content (AvgIpc) is 2.93. The van der Waals surface area contributed by atoms with Gasteiger partial charge in [0.2, 0.25) is 0 Å². The standard InChI is InChI=1S/C14H20N4/c1-17-8-10(7-15)6-13(17)11-4-3-5-12-14(11)16-9-18(12)2/h3-5,9-10,13H,6-8,15H2,1-2H3. The minimum atomic E-state index is 0.456. The third-order valence-electron chi connectivity index (χ3n) is 4.11. The van der Waals surface area contributed by atoms with Crippen LogP contribution in [0.15, 0.2) is 24.5 Å². The first kappa shape index (κ1) is 11.7. The third-order valence-corrected chi connectivity index (χ3v) is 4.11. The molecule has 2 heterocycles. The predicted molar refractivity (Wildman–Crippen MR) is 73.2 cm³/mol. The van der Waals surface area contributed by atoms with Crippen LogP contribution in [-0.2, 0) is 7.05 Å². The lowest BCUT2D eigenvalue weighted by atomic mass is 9.99. The van der Waals surface area contributed by atoms with Crippen LogP contribution >= 0.6 is 0 Å². The Morgan fingerprint density at radius 1 is 1.39 bits per heavy atom. The number of hydrogen-bond donors (Lipinski definition) is 1. The fourth-order valence-electron chi connectivity index (χ4n) is 3.09. The third kappa shape index (κ3) is 1.72. The molecule has 96 valence electrons. The van der Waals surface area contributed by atoms with Gasteiger partial charge in [0.1, 0.15) is 0 Å². The number of imidazole rings is 1. The van der Waals surface area contributed by atoms with E-state index in [0.29, 0.717) is 12.0 Å². The molecule has 1 aliphatic heterocycles. The van der Waals surface area contributed by atoms with E-state index in [1.54, 1.807) is 0 Å². The second-order valence-electron chi connectivity index (χ2n) is 5.36. The van der Waals surface area contributed by atoms with Crippen molar-refractivity contribution in [2.24, 2.45) is 18.7 Å². The molecule has 1 fully saturated rings. The zero-order valence-electron chi connectivity index (χ0n) is 11.0. The minimum absolute atomic E-state index is 0.456. The first-order valence-corrected chi connectivity index (χ1v) is 6.51. The molecule has 3 rings (SSSR count). The molecular formula is C14H20N4. The second kappa shape index (κ2) is 4.37. The first-order chi connectivity index (χ1) is 8.70. The Morgan fingerprint density at radius 3 is 2.94 bits per heavy atom. The molecule has 1 aromatic heterocycles. The molecule has 1 aromatic carbocycles. The number of aromatic nitrogens is 2. The van der Waals surface area contributed by atoms with Gasteiger partial charge in [0.25, 0.3) is 0 Å². The number of nitrogens with two attached hydrogens (primary N) is 1. The second-order valence-corrected chi connectivity index (χ2v) is 5.36. The van der Waals surface area contributed by atoms with Crippen LogP contribution in [0.5, 0.6) is 0 Å². The first-order valence-electron chi connectivity index (χ1n) is 6.51. The Balaban J connectivity index is 2.04. The van der Waals surface area contributed by atoms with Crippen LogP contribution in [-0.4, -0.2) is 34.6 Å². The zero-order chi connectivity index (χ0) is 12.7. The van der Waals surface area contributed by atoms with Gasteiger partial charge in [-0.1, -0.05) is 12.1 Å². The van der Waals surface area contributed by atoms with Crippen LogP contribution in [0.1, 0.15) is 18.0 Å². The van der Waals surface area contributed by atoms with Crippen LogP contribution in [0.2, 0.25) is 0 Å². The zero-order valence-corrected chi connectivity index (χ0v) is 11.0. The summed E-state index contributed by atoms with van der Waals surface area (Å²) in [5.74, 6) is 0.610. The Morgan fingerprint density at radius 2 is 2.22 bits per heavy atom. The van der Waals surface area contributed by atoms with Crippen LogP contribution in [0, 0.1) is 5.92 Å². The van der Waals surface area contributed by atoms with E-state index in [1.807, 2.05) is 13.4 Å². The Kier molecular flexibility index (Phi) is 2.84. The van der Waals surface area contributed by atoms with Crippen molar-refractivity contribution in [1.29, 1.82) is 0 Å². The number of rotatable bonds is 2. The molecule has 4 heteroatoms. The summed E-state index contributed by atoms with van der Waals surface area (Å²) in [4.78, 5) is 6.96. The van der Waals surface area contributed by atoms with E-state index in [2.05, 4.69) is 39.7 Å². The van der Waals surface area contributed by atoms with Crippen molar-refractivity contribution in [3.8, 4) is 0 Å². The summed E-state index contributed by atoms with van der Waals surface area (Å²) < 4.78 is 2.08. The highest BCUT2D eigenvalue weighted by molar-refractivity contribution is 5.79. The predicted octanol–water partition coefficient (Wildman–Crippen LogP) is 1.52. The highest BCUT2D eigenvalue weighted by Gasteiger charge is 2.31. The summed E-state index contributed by atoms with van der Waals surface area (Å²) in [5, 5.41) is 0. The van der Waals surface area contributed by atoms with Crippen molar-refractivity contribution in [2.75, 3.05) is 20.1 Å². The average molecular weight is 244 g/mol. The van der Waals surface area contributed by atoms with Crippen molar-refractivity contribution >= 4 is 11.0 Å². The Hall–Kier alpha value is -1.39. The van der Waals surface area contributed by atoms with E-state index < -0.39 is 0 Å². The molecule has 0 amide bonds. The van der Waals surface area contributed by atoms with Crippen molar-refractivity contribution in [2.45, 2.75) is 12.5 Å². The van der Waals surface area contributed by atoms with E-state index in [1.165, 1.54) is 11.1 Å². The normalized spacial score (nSPS) is 25.1. The molecule has 2 N–H and O–H groups in total. The summed E-state index contributed by atoms with van der Waals surface area (Å²) in [5.41, 5.74) is 9.49. The number of likely N-dealkylation sites (tertiary alicyclic amines) is 1. The Bertz CT molecular complexity index is 560.